The molecule has 1 aromatic carbocycles. The zero-order valence-electron chi connectivity index (χ0n) is 10.1. The zero-order valence-corrected chi connectivity index (χ0v) is 10.1. The Kier molecular flexibility index (Phi) is 2.67. The molecule has 1 aromatic heterocycles. The molecule has 2 N–H and O–H groups in total. The average molecular weight is 257 g/mol. The van der Waals surface area contributed by atoms with Crippen LogP contribution in [0.3, 0.4) is 0 Å². The van der Waals surface area contributed by atoms with Crippen LogP contribution in [0.25, 0.3) is 0 Å². The van der Waals surface area contributed by atoms with Crippen molar-refractivity contribution in [2.75, 3.05) is 17.2 Å². The highest BCUT2D eigenvalue weighted by atomic mass is 19.1. The highest BCUT2D eigenvalue weighted by molar-refractivity contribution is 6.09. The molecular formula is C14H12FN3O. The lowest BCUT2D eigenvalue weighted by molar-refractivity contribution is 0.0989. The van der Waals surface area contributed by atoms with Gasteiger partial charge < -0.3 is 10.6 Å². The topological polar surface area (TPSA) is 59.2 Å². The molecule has 0 saturated carbocycles. The molecule has 2 heterocycles. The minimum atomic E-state index is -0.565. The molecule has 1 aliphatic heterocycles. The van der Waals surface area contributed by atoms with Gasteiger partial charge in [-0.1, -0.05) is 18.2 Å². The maximum atomic E-state index is 13.2. The Morgan fingerprint density at radius 1 is 1.37 bits per heavy atom. The molecule has 4 nitrogen and oxygen atoms in total. The van der Waals surface area contributed by atoms with E-state index in [-0.39, 0.29) is 17.3 Å². The van der Waals surface area contributed by atoms with E-state index in [1.165, 1.54) is 0 Å². The molecule has 2 aromatic rings. The third-order valence-electron chi connectivity index (χ3n) is 3.25. The molecule has 1 aliphatic rings. The molecule has 3 rings (SSSR count). The van der Waals surface area contributed by atoms with Gasteiger partial charge in [-0.15, -0.1) is 0 Å². The Balaban J connectivity index is 2.00. The molecule has 0 atom stereocenters. The Morgan fingerprint density at radius 3 is 3.00 bits per heavy atom. The molecule has 0 unspecified atom stereocenters. The van der Waals surface area contributed by atoms with Crippen LogP contribution in [0.2, 0.25) is 0 Å². The molecule has 0 bridgehead atoms. The van der Waals surface area contributed by atoms with Crippen molar-refractivity contribution in [1.82, 2.24) is 4.98 Å². The number of nitrogen functional groups attached to an aromatic ring is 1. The normalized spacial score (nSPS) is 13.4. The third-order valence-corrected chi connectivity index (χ3v) is 3.25. The second-order valence-corrected chi connectivity index (χ2v) is 4.42. The van der Waals surface area contributed by atoms with Gasteiger partial charge in [0, 0.05) is 12.2 Å². The first-order chi connectivity index (χ1) is 9.16. The van der Waals surface area contributed by atoms with Gasteiger partial charge in [-0.2, -0.15) is 0 Å². The van der Waals surface area contributed by atoms with Crippen LogP contribution in [-0.4, -0.2) is 17.4 Å². The smallest absolute Gasteiger partial charge is 0.262 e. The van der Waals surface area contributed by atoms with E-state index in [1.54, 1.807) is 4.90 Å². The lowest BCUT2D eigenvalue weighted by Gasteiger charge is -2.17. The van der Waals surface area contributed by atoms with Crippen molar-refractivity contribution in [3.05, 3.63) is 53.5 Å². The summed E-state index contributed by atoms with van der Waals surface area (Å²) >= 11 is 0. The van der Waals surface area contributed by atoms with E-state index >= 15 is 0 Å². The largest absolute Gasteiger partial charge is 0.383 e. The molecule has 0 saturated heterocycles. The van der Waals surface area contributed by atoms with Gasteiger partial charge in [-0.25, -0.2) is 9.37 Å². The van der Waals surface area contributed by atoms with Crippen LogP contribution in [0, 0.1) is 5.82 Å². The van der Waals surface area contributed by atoms with Crippen LogP contribution in [0.15, 0.2) is 36.5 Å². The monoisotopic (exact) mass is 257 g/mol. The second kappa shape index (κ2) is 4.35. The summed E-state index contributed by atoms with van der Waals surface area (Å²) < 4.78 is 13.2. The SMILES string of the molecule is Nc1ncc(F)cc1C(=O)N1CCc2ccccc21. The van der Waals surface area contributed by atoms with Crippen molar-refractivity contribution >= 4 is 17.4 Å². The second-order valence-electron chi connectivity index (χ2n) is 4.42. The predicted molar refractivity (Wildman–Crippen MR) is 70.4 cm³/mol. The van der Waals surface area contributed by atoms with Crippen LogP contribution in [0.1, 0.15) is 15.9 Å². The van der Waals surface area contributed by atoms with Gasteiger partial charge in [-0.05, 0) is 24.1 Å². The first-order valence-electron chi connectivity index (χ1n) is 5.97. The number of rotatable bonds is 1. The number of hydrogen-bond donors (Lipinski definition) is 1. The summed E-state index contributed by atoms with van der Waals surface area (Å²) in [4.78, 5) is 17.7. The van der Waals surface area contributed by atoms with Crippen LogP contribution >= 0.6 is 0 Å². The van der Waals surface area contributed by atoms with E-state index in [2.05, 4.69) is 4.98 Å². The number of halogens is 1. The highest BCUT2D eigenvalue weighted by Crippen LogP contribution is 2.29. The minimum absolute atomic E-state index is 0.0516. The van der Waals surface area contributed by atoms with Gasteiger partial charge in [0.25, 0.3) is 5.91 Å². The van der Waals surface area contributed by atoms with Crippen LogP contribution in [-0.2, 0) is 6.42 Å². The number of nitrogens with zero attached hydrogens (tertiary/aromatic N) is 2. The molecule has 0 spiro atoms. The van der Waals surface area contributed by atoms with Gasteiger partial charge in [0.2, 0.25) is 0 Å². The fourth-order valence-corrected chi connectivity index (χ4v) is 2.32. The number of nitrogens with two attached hydrogens (primary N) is 1. The van der Waals surface area contributed by atoms with E-state index in [4.69, 9.17) is 5.73 Å². The van der Waals surface area contributed by atoms with Gasteiger partial charge >= 0.3 is 0 Å². The molecule has 19 heavy (non-hydrogen) atoms. The van der Waals surface area contributed by atoms with Gasteiger partial charge in [0.05, 0.1) is 11.8 Å². The van der Waals surface area contributed by atoms with E-state index in [0.29, 0.717) is 6.54 Å². The number of fused-ring (bicyclic) bond motifs is 1. The van der Waals surface area contributed by atoms with Crippen molar-refractivity contribution in [3.63, 3.8) is 0 Å². The average Bonchev–Trinajstić information content (AvgIpc) is 2.84. The quantitative estimate of drug-likeness (QED) is 0.850. The van der Waals surface area contributed by atoms with E-state index in [0.717, 1.165) is 29.9 Å². The molecular weight excluding hydrogens is 245 g/mol. The summed E-state index contributed by atoms with van der Waals surface area (Å²) in [5.41, 5.74) is 7.73. The Morgan fingerprint density at radius 2 is 2.16 bits per heavy atom. The number of amides is 1. The number of para-hydroxylation sites is 1. The molecule has 5 heteroatoms. The van der Waals surface area contributed by atoms with Crippen molar-refractivity contribution in [2.45, 2.75) is 6.42 Å². The zero-order chi connectivity index (χ0) is 13.4. The maximum Gasteiger partial charge on any atom is 0.262 e. The number of anilines is 2. The standard InChI is InChI=1S/C14H12FN3O/c15-10-7-11(13(16)17-8-10)14(19)18-6-5-9-3-1-2-4-12(9)18/h1-4,7-8H,5-6H2,(H2,16,17). The molecule has 0 radical (unpaired) electrons. The fraction of sp³-hybridized carbons (Fsp3) is 0.143. The van der Waals surface area contributed by atoms with Crippen molar-refractivity contribution < 1.29 is 9.18 Å². The van der Waals surface area contributed by atoms with Crippen LogP contribution < -0.4 is 10.6 Å². The molecule has 96 valence electrons. The highest BCUT2D eigenvalue weighted by Gasteiger charge is 2.26. The van der Waals surface area contributed by atoms with Crippen molar-refractivity contribution in [3.8, 4) is 0 Å². The maximum absolute atomic E-state index is 13.2. The summed E-state index contributed by atoms with van der Waals surface area (Å²) in [7, 11) is 0. The summed E-state index contributed by atoms with van der Waals surface area (Å²) in [6.07, 6.45) is 1.80. The summed E-state index contributed by atoms with van der Waals surface area (Å²) in [5.74, 6) is -0.824. The van der Waals surface area contributed by atoms with Gasteiger partial charge in [0.1, 0.15) is 11.6 Å². The lowest BCUT2D eigenvalue weighted by Crippen LogP contribution is -2.29. The van der Waals surface area contributed by atoms with Gasteiger partial charge in [0.15, 0.2) is 0 Å². The Hall–Kier alpha value is -2.43. The number of carbonyl (C=O) groups excluding carboxylic acids is 1. The summed E-state index contributed by atoms with van der Waals surface area (Å²) in [6, 6.07) is 8.80. The van der Waals surface area contributed by atoms with Gasteiger partial charge in [-0.3, -0.25) is 4.79 Å². The summed E-state index contributed by atoms with van der Waals surface area (Å²) in [6.45, 7) is 0.578. The number of carbonyl (C=O) groups is 1. The van der Waals surface area contributed by atoms with Crippen LogP contribution in [0.4, 0.5) is 15.9 Å². The number of benzene rings is 1. The van der Waals surface area contributed by atoms with E-state index < -0.39 is 5.82 Å². The van der Waals surface area contributed by atoms with E-state index in [9.17, 15) is 9.18 Å². The lowest BCUT2D eigenvalue weighted by atomic mass is 10.1. The fourth-order valence-electron chi connectivity index (χ4n) is 2.32. The number of hydrogen-bond acceptors (Lipinski definition) is 3. The Labute approximate surface area is 109 Å². The summed E-state index contributed by atoms with van der Waals surface area (Å²) in [5, 5.41) is 0. The van der Waals surface area contributed by atoms with E-state index in [1.807, 2.05) is 24.3 Å². The Bertz CT molecular complexity index is 657. The third kappa shape index (κ3) is 1.93. The first-order valence-corrected chi connectivity index (χ1v) is 5.97. The van der Waals surface area contributed by atoms with Crippen molar-refractivity contribution in [2.24, 2.45) is 0 Å². The first kappa shape index (κ1) is 11.6. The number of pyridine rings is 1. The molecule has 0 aliphatic carbocycles. The van der Waals surface area contributed by atoms with Crippen LogP contribution in [0.5, 0.6) is 0 Å². The van der Waals surface area contributed by atoms with Crippen molar-refractivity contribution in [1.29, 1.82) is 0 Å². The molecule has 0 fully saturated rings. The molecule has 1 amide bonds. The predicted octanol–water partition coefficient (Wildman–Crippen LogP) is 2.01. The minimum Gasteiger partial charge on any atom is -0.383 e. The number of aromatic nitrogens is 1.